The Kier molecular flexibility index (Phi) is 7.63. The number of carbonyl (C=O) groups is 2. The molecule has 166 valence electrons. The Morgan fingerprint density at radius 3 is 2.39 bits per heavy atom. The molecule has 2 fully saturated rings. The van der Waals surface area contributed by atoms with Gasteiger partial charge >= 0.3 is 0 Å². The van der Waals surface area contributed by atoms with Crippen LogP contribution < -0.4 is 5.32 Å². The summed E-state index contributed by atoms with van der Waals surface area (Å²) in [5.41, 5.74) is 1.02. The molecule has 4 rings (SSSR count). The lowest BCUT2D eigenvalue weighted by Crippen LogP contribution is -2.53. The van der Waals surface area contributed by atoms with Gasteiger partial charge in [0.15, 0.2) is 0 Å². The van der Waals surface area contributed by atoms with Crippen LogP contribution in [-0.4, -0.2) is 97.1 Å². The number of nitrogens with one attached hydrogen (secondary N) is 1. The lowest BCUT2D eigenvalue weighted by Gasteiger charge is -2.36. The van der Waals surface area contributed by atoms with Crippen LogP contribution in [0.3, 0.4) is 0 Å². The molecule has 2 aliphatic heterocycles. The molecule has 2 amide bonds. The molecular formula is C22H29N5O3S. The first kappa shape index (κ1) is 21.9. The molecule has 2 saturated heterocycles. The number of ether oxygens (including phenoxy) is 1. The topological polar surface area (TPSA) is 78.0 Å². The van der Waals surface area contributed by atoms with Crippen LogP contribution in [0.2, 0.25) is 0 Å². The fourth-order valence-corrected chi connectivity index (χ4v) is 4.64. The van der Waals surface area contributed by atoms with Crippen molar-refractivity contribution in [3.8, 4) is 0 Å². The van der Waals surface area contributed by atoms with Gasteiger partial charge in [0.25, 0.3) is 0 Å². The van der Waals surface area contributed by atoms with Crippen molar-refractivity contribution < 1.29 is 14.3 Å². The number of morpholine rings is 1. The van der Waals surface area contributed by atoms with Crippen molar-refractivity contribution in [3.63, 3.8) is 0 Å². The molecule has 0 spiro atoms. The highest BCUT2D eigenvalue weighted by atomic mass is 32.1. The van der Waals surface area contributed by atoms with Crippen molar-refractivity contribution >= 4 is 23.2 Å². The number of benzene rings is 1. The molecule has 1 aromatic heterocycles. The van der Waals surface area contributed by atoms with Crippen LogP contribution in [0.4, 0.5) is 0 Å². The van der Waals surface area contributed by atoms with Crippen molar-refractivity contribution in [1.29, 1.82) is 0 Å². The monoisotopic (exact) mass is 443 g/mol. The summed E-state index contributed by atoms with van der Waals surface area (Å²) in [5.74, 6) is 0.135. The van der Waals surface area contributed by atoms with E-state index in [-0.39, 0.29) is 17.9 Å². The van der Waals surface area contributed by atoms with Gasteiger partial charge in [0.1, 0.15) is 11.0 Å². The van der Waals surface area contributed by atoms with Crippen LogP contribution in [0.25, 0.3) is 0 Å². The van der Waals surface area contributed by atoms with Gasteiger partial charge in [-0.3, -0.25) is 19.4 Å². The minimum Gasteiger partial charge on any atom is -0.379 e. The molecule has 1 N–H and O–H groups in total. The highest BCUT2D eigenvalue weighted by Crippen LogP contribution is 2.23. The summed E-state index contributed by atoms with van der Waals surface area (Å²) < 4.78 is 5.34. The van der Waals surface area contributed by atoms with E-state index < -0.39 is 0 Å². The normalized spacial score (nSPS) is 19.2. The molecule has 1 atom stereocenters. The van der Waals surface area contributed by atoms with Crippen LogP contribution in [0.5, 0.6) is 0 Å². The number of amides is 2. The van der Waals surface area contributed by atoms with E-state index in [1.54, 1.807) is 6.20 Å². The fraction of sp³-hybridized carbons (Fsp3) is 0.500. The van der Waals surface area contributed by atoms with Crippen molar-refractivity contribution in [2.24, 2.45) is 0 Å². The van der Waals surface area contributed by atoms with E-state index in [0.717, 1.165) is 23.7 Å². The molecule has 1 aromatic carbocycles. The SMILES string of the molecule is O=C(CN1CCN(C(=O)CN2CCOCC2)CC1)NC(c1ccccc1)c1nccs1. The summed E-state index contributed by atoms with van der Waals surface area (Å²) in [6.07, 6.45) is 1.76. The quantitative estimate of drug-likeness (QED) is 0.683. The summed E-state index contributed by atoms with van der Waals surface area (Å²) in [6.45, 7) is 6.52. The number of hydrogen-bond acceptors (Lipinski definition) is 7. The molecule has 0 saturated carbocycles. The van der Waals surface area contributed by atoms with Gasteiger partial charge < -0.3 is 15.0 Å². The molecule has 0 bridgehead atoms. The number of nitrogens with zero attached hydrogens (tertiary/aromatic N) is 4. The summed E-state index contributed by atoms with van der Waals surface area (Å²) in [7, 11) is 0. The molecule has 0 radical (unpaired) electrons. The zero-order valence-corrected chi connectivity index (χ0v) is 18.4. The average molecular weight is 444 g/mol. The van der Waals surface area contributed by atoms with Gasteiger partial charge in [0.2, 0.25) is 11.8 Å². The van der Waals surface area contributed by atoms with Gasteiger partial charge in [-0.1, -0.05) is 30.3 Å². The number of carbonyl (C=O) groups excluding carboxylic acids is 2. The summed E-state index contributed by atoms with van der Waals surface area (Å²) in [6, 6.07) is 9.66. The van der Waals surface area contributed by atoms with Crippen molar-refractivity contribution in [2.75, 3.05) is 65.6 Å². The van der Waals surface area contributed by atoms with E-state index in [1.807, 2.05) is 40.6 Å². The minimum atomic E-state index is -0.245. The van der Waals surface area contributed by atoms with E-state index in [1.165, 1.54) is 11.3 Å². The van der Waals surface area contributed by atoms with E-state index >= 15 is 0 Å². The smallest absolute Gasteiger partial charge is 0.236 e. The molecule has 2 aliphatic rings. The Balaban J connectivity index is 1.26. The lowest BCUT2D eigenvalue weighted by molar-refractivity contribution is -0.135. The minimum absolute atomic E-state index is 0.0304. The van der Waals surface area contributed by atoms with Crippen molar-refractivity contribution in [2.45, 2.75) is 6.04 Å². The van der Waals surface area contributed by atoms with Crippen LogP contribution in [0, 0.1) is 0 Å². The zero-order valence-electron chi connectivity index (χ0n) is 17.6. The highest BCUT2D eigenvalue weighted by molar-refractivity contribution is 7.09. The summed E-state index contributed by atoms with van der Waals surface area (Å²) in [5, 5.41) is 5.93. The molecule has 0 aliphatic carbocycles. The lowest BCUT2D eigenvalue weighted by atomic mass is 10.1. The van der Waals surface area contributed by atoms with Gasteiger partial charge in [0.05, 0.1) is 26.3 Å². The van der Waals surface area contributed by atoms with E-state index in [2.05, 4.69) is 20.1 Å². The second-order valence-corrected chi connectivity index (χ2v) is 8.75. The summed E-state index contributed by atoms with van der Waals surface area (Å²) >= 11 is 1.54. The highest BCUT2D eigenvalue weighted by Gasteiger charge is 2.26. The molecule has 2 aromatic rings. The van der Waals surface area contributed by atoms with E-state index in [0.29, 0.717) is 52.5 Å². The van der Waals surface area contributed by atoms with Gasteiger partial charge in [-0.15, -0.1) is 11.3 Å². The first-order chi connectivity index (χ1) is 15.2. The maximum Gasteiger partial charge on any atom is 0.236 e. The molecule has 1 unspecified atom stereocenters. The average Bonchev–Trinajstić information content (AvgIpc) is 3.34. The van der Waals surface area contributed by atoms with Gasteiger partial charge in [-0.05, 0) is 5.56 Å². The van der Waals surface area contributed by atoms with Crippen LogP contribution in [0.15, 0.2) is 41.9 Å². The molecule has 31 heavy (non-hydrogen) atoms. The Bertz CT molecular complexity index is 834. The Hall–Kier alpha value is -2.33. The Morgan fingerprint density at radius 2 is 1.71 bits per heavy atom. The van der Waals surface area contributed by atoms with Crippen LogP contribution >= 0.6 is 11.3 Å². The van der Waals surface area contributed by atoms with Crippen LogP contribution in [0.1, 0.15) is 16.6 Å². The number of aromatic nitrogens is 1. The van der Waals surface area contributed by atoms with Crippen molar-refractivity contribution in [1.82, 2.24) is 25.0 Å². The predicted molar refractivity (Wildman–Crippen MR) is 119 cm³/mol. The van der Waals surface area contributed by atoms with Gasteiger partial charge in [0, 0.05) is 50.8 Å². The number of piperazine rings is 1. The summed E-state index contributed by atoms with van der Waals surface area (Å²) in [4.78, 5) is 35.9. The number of hydrogen-bond donors (Lipinski definition) is 1. The standard InChI is InChI=1S/C22H29N5O3S/c28-19(24-21(22-23-6-15-31-22)18-4-2-1-3-5-18)16-25-7-9-27(10-8-25)20(29)17-26-11-13-30-14-12-26/h1-6,15,21H,7-14,16-17H2,(H,24,28). The molecular weight excluding hydrogens is 414 g/mol. The maximum absolute atomic E-state index is 12.8. The van der Waals surface area contributed by atoms with Crippen LogP contribution in [-0.2, 0) is 14.3 Å². The third-order valence-corrected chi connectivity index (χ3v) is 6.53. The fourth-order valence-electron chi connectivity index (χ4n) is 3.93. The number of rotatable bonds is 7. The molecule has 3 heterocycles. The third kappa shape index (κ3) is 6.10. The first-order valence-electron chi connectivity index (χ1n) is 10.7. The maximum atomic E-state index is 12.8. The largest absolute Gasteiger partial charge is 0.379 e. The van der Waals surface area contributed by atoms with Gasteiger partial charge in [-0.2, -0.15) is 0 Å². The van der Waals surface area contributed by atoms with E-state index in [9.17, 15) is 9.59 Å². The van der Waals surface area contributed by atoms with Crippen molar-refractivity contribution in [3.05, 3.63) is 52.5 Å². The first-order valence-corrected chi connectivity index (χ1v) is 11.6. The number of thiazole rings is 1. The Morgan fingerprint density at radius 1 is 1.00 bits per heavy atom. The third-order valence-electron chi connectivity index (χ3n) is 5.69. The second kappa shape index (κ2) is 10.8. The second-order valence-electron chi connectivity index (χ2n) is 7.83. The zero-order chi connectivity index (χ0) is 21.5. The Labute approximate surface area is 186 Å². The van der Waals surface area contributed by atoms with E-state index in [4.69, 9.17) is 4.74 Å². The molecule has 8 nitrogen and oxygen atoms in total. The van der Waals surface area contributed by atoms with Gasteiger partial charge in [-0.25, -0.2) is 4.98 Å². The predicted octanol–water partition coefficient (Wildman–Crippen LogP) is 0.825. The molecule has 9 heteroatoms.